The van der Waals surface area contributed by atoms with Gasteiger partial charge in [-0.15, -0.1) is 0 Å². The van der Waals surface area contributed by atoms with Crippen molar-refractivity contribution in [3.8, 4) is 0 Å². The number of hydrogen-bond donors (Lipinski definition) is 2. The minimum absolute atomic E-state index is 0.0743. The second kappa shape index (κ2) is 6.50. The maximum absolute atomic E-state index is 12.3. The predicted octanol–water partition coefficient (Wildman–Crippen LogP) is -0.158. The summed E-state index contributed by atoms with van der Waals surface area (Å²) in [5.74, 6) is 0.948. The van der Waals surface area contributed by atoms with E-state index < -0.39 is 0 Å². The molecule has 0 aromatic carbocycles. The number of aliphatic hydroxyl groups excluding tert-OH is 1. The Bertz CT molecular complexity index is 273. The number of aliphatic hydroxyl groups is 1. The van der Waals surface area contributed by atoms with Gasteiger partial charge >= 0.3 is 0 Å². The molecule has 0 bridgehead atoms. The van der Waals surface area contributed by atoms with Crippen LogP contribution in [0.3, 0.4) is 0 Å². The first kappa shape index (κ1) is 13.8. The number of hydrogen-bond acceptors (Lipinski definition) is 4. The molecule has 0 aliphatic carbocycles. The Morgan fingerprint density at radius 3 is 2.61 bits per heavy atom. The van der Waals surface area contributed by atoms with E-state index in [9.17, 15) is 4.79 Å². The van der Waals surface area contributed by atoms with Crippen molar-refractivity contribution in [1.82, 2.24) is 10.2 Å². The van der Waals surface area contributed by atoms with Gasteiger partial charge in [-0.2, -0.15) is 0 Å². The van der Waals surface area contributed by atoms with Crippen LogP contribution in [0.25, 0.3) is 0 Å². The fourth-order valence-electron chi connectivity index (χ4n) is 2.62. The van der Waals surface area contributed by atoms with Gasteiger partial charge < -0.3 is 20.1 Å². The summed E-state index contributed by atoms with van der Waals surface area (Å²) in [4.78, 5) is 14.2. The molecule has 2 saturated heterocycles. The number of nitrogens with one attached hydrogen (secondary N) is 1. The van der Waals surface area contributed by atoms with Crippen LogP contribution in [-0.4, -0.2) is 61.4 Å². The number of carbonyl (C=O) groups is 1. The highest BCUT2D eigenvalue weighted by Crippen LogP contribution is 2.21. The van der Waals surface area contributed by atoms with Gasteiger partial charge in [-0.1, -0.05) is 6.92 Å². The Balaban J connectivity index is 1.73. The summed E-state index contributed by atoms with van der Waals surface area (Å²) in [6.45, 7) is 6.06. The summed E-state index contributed by atoms with van der Waals surface area (Å²) in [5.41, 5.74) is 0. The maximum atomic E-state index is 12.3. The van der Waals surface area contributed by atoms with Crippen molar-refractivity contribution in [1.29, 1.82) is 0 Å². The Hall–Kier alpha value is -0.650. The molecule has 1 unspecified atom stereocenters. The van der Waals surface area contributed by atoms with Crippen LogP contribution in [0.15, 0.2) is 0 Å². The predicted molar refractivity (Wildman–Crippen MR) is 68.2 cm³/mol. The maximum Gasteiger partial charge on any atom is 0.225 e. The molecule has 1 atom stereocenters. The van der Waals surface area contributed by atoms with Gasteiger partial charge in [0.25, 0.3) is 0 Å². The molecule has 0 radical (unpaired) electrons. The van der Waals surface area contributed by atoms with Crippen LogP contribution in [0.1, 0.15) is 19.8 Å². The zero-order valence-electron chi connectivity index (χ0n) is 11.1. The van der Waals surface area contributed by atoms with Gasteiger partial charge in [-0.3, -0.25) is 4.79 Å². The number of amides is 1. The SMILES string of the molecule is CC(C(=O)N1CCC(OCCO)CC1)C1CNC1. The monoisotopic (exact) mass is 256 g/mol. The second-order valence-corrected chi connectivity index (χ2v) is 5.33. The Morgan fingerprint density at radius 2 is 2.11 bits per heavy atom. The van der Waals surface area contributed by atoms with Crippen molar-refractivity contribution in [2.45, 2.75) is 25.9 Å². The fourth-order valence-corrected chi connectivity index (χ4v) is 2.62. The van der Waals surface area contributed by atoms with Crippen LogP contribution in [0, 0.1) is 11.8 Å². The summed E-state index contributed by atoms with van der Waals surface area (Å²) in [5, 5.41) is 11.9. The summed E-state index contributed by atoms with van der Waals surface area (Å²) < 4.78 is 5.50. The summed E-state index contributed by atoms with van der Waals surface area (Å²) in [6, 6.07) is 0. The molecule has 2 fully saturated rings. The summed E-state index contributed by atoms with van der Waals surface area (Å²) in [7, 11) is 0. The van der Waals surface area contributed by atoms with E-state index in [-0.39, 0.29) is 18.6 Å². The van der Waals surface area contributed by atoms with Crippen molar-refractivity contribution in [3.63, 3.8) is 0 Å². The molecule has 2 N–H and O–H groups in total. The standard InChI is InChI=1S/C13H24N2O3/c1-10(11-8-14-9-11)13(17)15-4-2-12(3-5-15)18-7-6-16/h10-12,14,16H,2-9H2,1H3. The Kier molecular flexibility index (Phi) is 4.97. The van der Waals surface area contributed by atoms with Crippen molar-refractivity contribution in [3.05, 3.63) is 0 Å². The third kappa shape index (κ3) is 3.22. The van der Waals surface area contributed by atoms with Crippen molar-refractivity contribution in [2.75, 3.05) is 39.4 Å². The first-order valence-electron chi connectivity index (χ1n) is 6.94. The molecule has 104 valence electrons. The zero-order valence-corrected chi connectivity index (χ0v) is 11.1. The molecule has 5 heteroatoms. The number of piperidine rings is 1. The van der Waals surface area contributed by atoms with Gasteiger partial charge in [-0.05, 0) is 31.8 Å². The number of carbonyl (C=O) groups excluding carboxylic acids is 1. The number of rotatable bonds is 5. The molecule has 2 rings (SSSR count). The molecular weight excluding hydrogens is 232 g/mol. The average molecular weight is 256 g/mol. The molecule has 2 aliphatic rings. The second-order valence-electron chi connectivity index (χ2n) is 5.33. The Labute approximate surface area is 108 Å². The third-order valence-corrected chi connectivity index (χ3v) is 4.11. The molecular formula is C13H24N2O3. The lowest BCUT2D eigenvalue weighted by Crippen LogP contribution is -2.52. The van der Waals surface area contributed by atoms with E-state index in [0.717, 1.165) is 39.0 Å². The molecule has 0 spiro atoms. The molecule has 1 amide bonds. The van der Waals surface area contributed by atoms with Crippen LogP contribution in [0.4, 0.5) is 0 Å². The molecule has 0 saturated carbocycles. The molecule has 2 heterocycles. The number of likely N-dealkylation sites (tertiary alicyclic amines) is 1. The number of ether oxygens (including phenoxy) is 1. The smallest absolute Gasteiger partial charge is 0.225 e. The van der Waals surface area contributed by atoms with Gasteiger partial charge in [-0.25, -0.2) is 0 Å². The lowest BCUT2D eigenvalue weighted by atomic mass is 9.87. The van der Waals surface area contributed by atoms with Crippen molar-refractivity contribution < 1.29 is 14.6 Å². The van der Waals surface area contributed by atoms with E-state index in [4.69, 9.17) is 9.84 Å². The zero-order chi connectivity index (χ0) is 13.0. The average Bonchev–Trinajstić information content (AvgIpc) is 2.34. The van der Waals surface area contributed by atoms with E-state index in [1.807, 2.05) is 11.8 Å². The molecule has 0 aromatic rings. The summed E-state index contributed by atoms with van der Waals surface area (Å²) in [6.07, 6.45) is 1.99. The first-order chi connectivity index (χ1) is 8.72. The highest BCUT2D eigenvalue weighted by Gasteiger charge is 2.33. The molecule has 5 nitrogen and oxygen atoms in total. The van der Waals surface area contributed by atoms with E-state index in [2.05, 4.69) is 5.32 Å². The van der Waals surface area contributed by atoms with E-state index in [1.54, 1.807) is 0 Å². The highest BCUT2D eigenvalue weighted by atomic mass is 16.5. The van der Waals surface area contributed by atoms with Crippen LogP contribution >= 0.6 is 0 Å². The van der Waals surface area contributed by atoms with Crippen LogP contribution in [0.5, 0.6) is 0 Å². The molecule has 2 aliphatic heterocycles. The largest absolute Gasteiger partial charge is 0.394 e. The topological polar surface area (TPSA) is 61.8 Å². The van der Waals surface area contributed by atoms with Crippen molar-refractivity contribution in [2.24, 2.45) is 11.8 Å². The van der Waals surface area contributed by atoms with Gasteiger partial charge in [0, 0.05) is 19.0 Å². The molecule has 18 heavy (non-hydrogen) atoms. The van der Waals surface area contributed by atoms with Crippen LogP contribution in [-0.2, 0) is 9.53 Å². The van der Waals surface area contributed by atoms with Crippen LogP contribution in [0.2, 0.25) is 0 Å². The Morgan fingerprint density at radius 1 is 1.44 bits per heavy atom. The normalized spacial score (nSPS) is 23.8. The summed E-state index contributed by atoms with van der Waals surface area (Å²) >= 11 is 0. The van der Waals surface area contributed by atoms with E-state index >= 15 is 0 Å². The third-order valence-electron chi connectivity index (χ3n) is 4.11. The lowest BCUT2D eigenvalue weighted by Gasteiger charge is -2.37. The minimum Gasteiger partial charge on any atom is -0.394 e. The van der Waals surface area contributed by atoms with Crippen LogP contribution < -0.4 is 5.32 Å². The minimum atomic E-state index is 0.0743. The van der Waals surface area contributed by atoms with E-state index in [1.165, 1.54) is 0 Å². The first-order valence-corrected chi connectivity index (χ1v) is 6.94. The van der Waals surface area contributed by atoms with Gasteiger partial charge in [0.15, 0.2) is 0 Å². The quantitative estimate of drug-likeness (QED) is 0.717. The highest BCUT2D eigenvalue weighted by molar-refractivity contribution is 5.79. The molecule has 0 aromatic heterocycles. The lowest BCUT2D eigenvalue weighted by molar-refractivity contribution is -0.140. The number of nitrogens with zero attached hydrogens (tertiary/aromatic N) is 1. The van der Waals surface area contributed by atoms with E-state index in [0.29, 0.717) is 18.4 Å². The van der Waals surface area contributed by atoms with Crippen molar-refractivity contribution >= 4 is 5.91 Å². The van der Waals surface area contributed by atoms with Gasteiger partial charge in [0.2, 0.25) is 5.91 Å². The van der Waals surface area contributed by atoms with Gasteiger partial charge in [0.1, 0.15) is 0 Å². The van der Waals surface area contributed by atoms with Gasteiger partial charge in [0.05, 0.1) is 19.3 Å². The fraction of sp³-hybridized carbons (Fsp3) is 0.923.